The molecule has 1 aromatic rings. The Kier molecular flexibility index (Phi) is 5.07. The first kappa shape index (κ1) is 18.1. The van der Waals surface area contributed by atoms with E-state index in [0.29, 0.717) is 18.4 Å². The lowest BCUT2D eigenvalue weighted by atomic mass is 9.80. The number of rotatable bonds is 5. The molecule has 4 nitrogen and oxygen atoms in total. The zero-order valence-corrected chi connectivity index (χ0v) is 14.7. The van der Waals surface area contributed by atoms with E-state index >= 15 is 0 Å². The van der Waals surface area contributed by atoms with Crippen LogP contribution in [-0.2, 0) is 20.7 Å². The van der Waals surface area contributed by atoms with E-state index in [9.17, 15) is 14.4 Å². The molecule has 4 heteroatoms. The standard InChI is InChI=1S/C20H24O4/c1-14(21)9-7-8-12-20(18(23)24-19(2,3)4)13-15-10-5-6-11-16(15)17(20)22/h5-8,10-11H,9,12-13H2,1-4H3/b8-7+/t20-/m1/s1. The van der Waals surface area contributed by atoms with E-state index in [0.717, 1.165) is 5.56 Å². The van der Waals surface area contributed by atoms with E-state index in [1.54, 1.807) is 45.1 Å². The maximum absolute atomic E-state index is 13.0. The minimum atomic E-state index is -1.23. The highest BCUT2D eigenvalue weighted by atomic mass is 16.6. The molecule has 1 aliphatic carbocycles. The first-order valence-electron chi connectivity index (χ1n) is 8.16. The third-order valence-electron chi connectivity index (χ3n) is 4.02. The van der Waals surface area contributed by atoms with Gasteiger partial charge in [0.1, 0.15) is 16.8 Å². The Morgan fingerprint density at radius 2 is 1.88 bits per heavy atom. The highest BCUT2D eigenvalue weighted by Gasteiger charge is 2.52. The maximum Gasteiger partial charge on any atom is 0.321 e. The van der Waals surface area contributed by atoms with Gasteiger partial charge < -0.3 is 4.74 Å². The van der Waals surface area contributed by atoms with Crippen molar-refractivity contribution in [3.8, 4) is 0 Å². The van der Waals surface area contributed by atoms with Crippen LogP contribution in [0.1, 0.15) is 56.5 Å². The van der Waals surface area contributed by atoms with Gasteiger partial charge in [-0.1, -0.05) is 36.4 Å². The van der Waals surface area contributed by atoms with Crippen LogP contribution >= 0.6 is 0 Å². The average molecular weight is 328 g/mol. The van der Waals surface area contributed by atoms with Gasteiger partial charge >= 0.3 is 5.97 Å². The van der Waals surface area contributed by atoms with Crippen molar-refractivity contribution in [1.82, 2.24) is 0 Å². The molecule has 0 bridgehead atoms. The van der Waals surface area contributed by atoms with Crippen molar-refractivity contribution >= 4 is 17.5 Å². The highest BCUT2D eigenvalue weighted by molar-refractivity contribution is 6.16. The van der Waals surface area contributed by atoms with Gasteiger partial charge in [-0.15, -0.1) is 0 Å². The van der Waals surface area contributed by atoms with Crippen molar-refractivity contribution < 1.29 is 19.1 Å². The fraction of sp³-hybridized carbons (Fsp3) is 0.450. The van der Waals surface area contributed by atoms with Crippen LogP contribution in [0.3, 0.4) is 0 Å². The predicted octanol–water partition coefficient (Wildman–Crippen LogP) is 3.68. The van der Waals surface area contributed by atoms with Gasteiger partial charge in [-0.05, 0) is 46.1 Å². The van der Waals surface area contributed by atoms with Crippen LogP contribution in [0.5, 0.6) is 0 Å². The summed E-state index contributed by atoms with van der Waals surface area (Å²) < 4.78 is 5.54. The van der Waals surface area contributed by atoms with E-state index in [4.69, 9.17) is 4.74 Å². The Morgan fingerprint density at radius 1 is 1.21 bits per heavy atom. The van der Waals surface area contributed by atoms with Crippen LogP contribution in [0.2, 0.25) is 0 Å². The number of ether oxygens (including phenoxy) is 1. The summed E-state index contributed by atoms with van der Waals surface area (Å²) >= 11 is 0. The molecule has 0 amide bonds. The number of Topliss-reactive ketones (excluding diaryl/α,β-unsaturated/α-hetero) is 2. The fourth-order valence-corrected chi connectivity index (χ4v) is 2.88. The first-order valence-corrected chi connectivity index (χ1v) is 8.16. The summed E-state index contributed by atoms with van der Waals surface area (Å²) in [6.07, 6.45) is 4.33. The highest BCUT2D eigenvalue weighted by Crippen LogP contribution is 2.42. The van der Waals surface area contributed by atoms with Gasteiger partial charge in [-0.25, -0.2) is 0 Å². The Morgan fingerprint density at radius 3 is 2.46 bits per heavy atom. The van der Waals surface area contributed by atoms with E-state index < -0.39 is 17.0 Å². The molecule has 1 aliphatic rings. The lowest BCUT2D eigenvalue weighted by Gasteiger charge is -2.29. The van der Waals surface area contributed by atoms with Gasteiger partial charge in [-0.3, -0.25) is 14.4 Å². The molecule has 0 saturated carbocycles. The predicted molar refractivity (Wildman–Crippen MR) is 91.8 cm³/mol. The van der Waals surface area contributed by atoms with Gasteiger partial charge in [0, 0.05) is 12.0 Å². The summed E-state index contributed by atoms with van der Waals surface area (Å²) in [5, 5.41) is 0. The zero-order valence-electron chi connectivity index (χ0n) is 14.7. The van der Waals surface area contributed by atoms with Gasteiger partial charge in [0.2, 0.25) is 0 Å². The Bertz CT molecular complexity index is 694. The van der Waals surface area contributed by atoms with Crippen LogP contribution < -0.4 is 0 Å². The van der Waals surface area contributed by atoms with Gasteiger partial charge in [0.25, 0.3) is 0 Å². The molecule has 128 valence electrons. The lowest BCUT2D eigenvalue weighted by molar-refractivity contribution is -0.164. The van der Waals surface area contributed by atoms with Crippen molar-refractivity contribution in [2.75, 3.05) is 0 Å². The van der Waals surface area contributed by atoms with Crippen molar-refractivity contribution in [2.24, 2.45) is 5.41 Å². The number of carbonyl (C=O) groups excluding carboxylic acids is 3. The van der Waals surface area contributed by atoms with E-state index in [-0.39, 0.29) is 18.0 Å². The number of ketones is 2. The summed E-state index contributed by atoms with van der Waals surface area (Å²) in [7, 11) is 0. The molecule has 0 N–H and O–H groups in total. The SMILES string of the molecule is CC(=O)C/C=C/C[C@@]1(C(=O)OC(C)(C)C)Cc2ccccc2C1=O. The third-order valence-corrected chi connectivity index (χ3v) is 4.02. The van der Waals surface area contributed by atoms with Crippen molar-refractivity contribution in [2.45, 2.75) is 52.6 Å². The molecule has 2 rings (SSSR count). The maximum atomic E-state index is 13.0. The molecule has 0 fully saturated rings. The number of fused-ring (bicyclic) bond motifs is 1. The number of allylic oxidation sites excluding steroid dienone is 2. The van der Waals surface area contributed by atoms with Crippen LogP contribution in [0, 0.1) is 5.41 Å². The monoisotopic (exact) mass is 328 g/mol. The normalized spacial score (nSPS) is 20.2. The second-order valence-corrected chi connectivity index (χ2v) is 7.33. The molecule has 0 unspecified atom stereocenters. The average Bonchev–Trinajstić information content (AvgIpc) is 2.76. The van der Waals surface area contributed by atoms with Gasteiger partial charge in [0.15, 0.2) is 5.78 Å². The lowest BCUT2D eigenvalue weighted by Crippen LogP contribution is -2.42. The summed E-state index contributed by atoms with van der Waals surface area (Å²) in [6, 6.07) is 7.29. The summed E-state index contributed by atoms with van der Waals surface area (Å²) in [5.74, 6) is -0.651. The smallest absolute Gasteiger partial charge is 0.321 e. The summed E-state index contributed by atoms with van der Waals surface area (Å²) in [6.45, 7) is 6.87. The molecular weight excluding hydrogens is 304 g/mol. The molecule has 24 heavy (non-hydrogen) atoms. The summed E-state index contributed by atoms with van der Waals surface area (Å²) in [5.41, 5.74) is -0.441. The second-order valence-electron chi connectivity index (χ2n) is 7.33. The van der Waals surface area contributed by atoms with Crippen molar-refractivity contribution in [3.63, 3.8) is 0 Å². The van der Waals surface area contributed by atoms with E-state index in [2.05, 4.69) is 0 Å². The van der Waals surface area contributed by atoms with E-state index in [1.165, 1.54) is 6.92 Å². The molecule has 0 heterocycles. The molecule has 0 saturated heterocycles. The zero-order chi connectivity index (χ0) is 18.0. The first-order chi connectivity index (χ1) is 11.2. The van der Waals surface area contributed by atoms with Crippen LogP contribution in [-0.4, -0.2) is 23.1 Å². The second kappa shape index (κ2) is 6.71. The quantitative estimate of drug-likeness (QED) is 0.470. The molecule has 1 aromatic carbocycles. The van der Waals surface area contributed by atoms with Gasteiger partial charge in [-0.2, -0.15) is 0 Å². The minimum Gasteiger partial charge on any atom is -0.459 e. The van der Waals surface area contributed by atoms with Crippen molar-refractivity contribution in [3.05, 3.63) is 47.5 Å². The molecule has 1 atom stereocenters. The van der Waals surface area contributed by atoms with Crippen LogP contribution in [0.4, 0.5) is 0 Å². The third kappa shape index (κ3) is 3.81. The van der Waals surface area contributed by atoms with Crippen LogP contribution in [0.25, 0.3) is 0 Å². The molecule has 0 aromatic heterocycles. The van der Waals surface area contributed by atoms with E-state index in [1.807, 2.05) is 12.1 Å². The molecular formula is C20H24O4. The van der Waals surface area contributed by atoms with Crippen molar-refractivity contribution in [1.29, 1.82) is 0 Å². The Labute approximate surface area is 142 Å². The molecule has 0 spiro atoms. The number of hydrogen-bond donors (Lipinski definition) is 0. The Hall–Kier alpha value is -2.23. The van der Waals surface area contributed by atoms with Gasteiger partial charge in [0.05, 0.1) is 0 Å². The number of esters is 1. The fourth-order valence-electron chi connectivity index (χ4n) is 2.88. The molecule has 0 aliphatic heterocycles. The Balaban J connectivity index is 2.33. The topological polar surface area (TPSA) is 60.4 Å². The molecule has 0 radical (unpaired) electrons. The van der Waals surface area contributed by atoms with Crippen LogP contribution in [0.15, 0.2) is 36.4 Å². The largest absolute Gasteiger partial charge is 0.459 e. The number of carbonyl (C=O) groups is 3. The number of hydrogen-bond acceptors (Lipinski definition) is 4. The summed E-state index contributed by atoms with van der Waals surface area (Å²) in [4.78, 5) is 36.9. The minimum absolute atomic E-state index is 0.0404. The number of benzene rings is 1.